The van der Waals surface area contributed by atoms with E-state index in [2.05, 4.69) is 39.3 Å². The van der Waals surface area contributed by atoms with E-state index in [1.165, 1.54) is 0 Å². The van der Waals surface area contributed by atoms with Gasteiger partial charge in [-0.1, -0.05) is 30.3 Å². The molecule has 1 aromatic rings. The van der Waals surface area contributed by atoms with Crippen molar-refractivity contribution in [1.82, 2.24) is 0 Å². The smallest absolute Gasteiger partial charge is 0.190 e. The largest absolute Gasteiger partial charge is 0.405 e. The van der Waals surface area contributed by atoms with Crippen LogP contribution in [0, 0.1) is 0 Å². The number of ether oxygens (including phenoxy) is 4. The summed E-state index contributed by atoms with van der Waals surface area (Å²) in [4.78, 5) is 0. The third-order valence-electron chi connectivity index (χ3n) is 5.48. The van der Waals surface area contributed by atoms with Crippen LogP contribution in [0.3, 0.4) is 0 Å². The number of hydrogen-bond donors (Lipinski definition) is 0. The van der Waals surface area contributed by atoms with E-state index in [0.29, 0.717) is 11.9 Å². The standard InChI is InChI=1S/C24H43O7PSi2/c1-23(2)17-26-20(29-23)22(31-34(8,9)10)32(25,18-14-12-11-13-15-18)21(30-33(5,6)7)19-16-27-24(3,4)28-19/h11-15,19-22H,16-17H2,1-10H3/t19-,20?,21-,22-,32?/m1/s1. The third-order valence-corrected chi connectivity index (χ3v) is 11.2. The van der Waals surface area contributed by atoms with E-state index in [1.54, 1.807) is 0 Å². The molecule has 0 amide bonds. The Balaban J connectivity index is 2.20. The van der Waals surface area contributed by atoms with Gasteiger partial charge in [-0.25, -0.2) is 0 Å². The minimum Gasteiger partial charge on any atom is -0.405 e. The van der Waals surface area contributed by atoms with Crippen molar-refractivity contribution in [1.29, 1.82) is 0 Å². The van der Waals surface area contributed by atoms with Crippen LogP contribution < -0.4 is 5.30 Å². The van der Waals surface area contributed by atoms with Crippen LogP contribution in [0.4, 0.5) is 0 Å². The highest BCUT2D eigenvalue weighted by Gasteiger charge is 2.57. The molecular weight excluding hydrogens is 487 g/mol. The first-order valence-electron chi connectivity index (χ1n) is 12.0. The first-order valence-corrected chi connectivity index (χ1v) is 20.7. The molecule has 7 nitrogen and oxygen atoms in total. The quantitative estimate of drug-likeness (QED) is 0.315. The van der Waals surface area contributed by atoms with Gasteiger partial charge in [0.1, 0.15) is 11.9 Å². The number of hydrogen-bond acceptors (Lipinski definition) is 7. The molecule has 2 saturated heterocycles. The van der Waals surface area contributed by atoms with Crippen LogP contribution in [-0.2, 0) is 32.4 Å². The molecule has 2 heterocycles. The van der Waals surface area contributed by atoms with E-state index in [9.17, 15) is 0 Å². The van der Waals surface area contributed by atoms with Crippen molar-refractivity contribution in [3.8, 4) is 0 Å². The minimum atomic E-state index is -3.53. The molecule has 0 radical (unpaired) electrons. The Labute approximate surface area is 207 Å². The molecule has 0 bridgehead atoms. The van der Waals surface area contributed by atoms with Crippen LogP contribution in [-0.4, -0.2) is 65.3 Å². The zero-order chi connectivity index (χ0) is 25.6. The van der Waals surface area contributed by atoms with Gasteiger partial charge in [0.05, 0.1) is 18.8 Å². The van der Waals surface area contributed by atoms with Crippen molar-refractivity contribution in [3.05, 3.63) is 30.3 Å². The third kappa shape index (κ3) is 6.90. The van der Waals surface area contributed by atoms with Gasteiger partial charge in [-0.3, -0.25) is 0 Å². The Morgan fingerprint density at radius 1 is 0.912 bits per heavy atom. The molecule has 2 aliphatic heterocycles. The summed E-state index contributed by atoms with van der Waals surface area (Å²) in [6.45, 7) is 20.9. The molecule has 5 atom stereocenters. The number of rotatable bonds is 9. The highest BCUT2D eigenvalue weighted by molar-refractivity contribution is 7.72. The van der Waals surface area contributed by atoms with Gasteiger partial charge >= 0.3 is 0 Å². The first kappa shape index (κ1) is 28.2. The van der Waals surface area contributed by atoms with Crippen molar-refractivity contribution in [2.45, 2.75) is 102 Å². The summed E-state index contributed by atoms with van der Waals surface area (Å²) >= 11 is 0. The lowest BCUT2D eigenvalue weighted by molar-refractivity contribution is -0.145. The van der Waals surface area contributed by atoms with Gasteiger partial charge in [-0.05, 0) is 67.0 Å². The van der Waals surface area contributed by atoms with Crippen LogP contribution in [0.2, 0.25) is 39.3 Å². The zero-order valence-corrected chi connectivity index (χ0v) is 25.3. The summed E-state index contributed by atoms with van der Waals surface area (Å²) in [5, 5.41) is 0.673. The SMILES string of the molecule is CC1(C)COC([C@H](O[Si](C)(C)C)P(=O)(c2ccccc2)[C@@H](O[Si](C)(C)C)[C@H]2COC(C)(C)O2)O1. The molecule has 0 aliphatic carbocycles. The lowest BCUT2D eigenvalue weighted by Gasteiger charge is -2.42. The summed E-state index contributed by atoms with van der Waals surface area (Å²) in [5.41, 5.74) is -0.503. The van der Waals surface area contributed by atoms with Gasteiger partial charge in [0.15, 0.2) is 41.7 Å². The van der Waals surface area contributed by atoms with Crippen molar-refractivity contribution in [3.63, 3.8) is 0 Å². The van der Waals surface area contributed by atoms with Crippen LogP contribution in [0.15, 0.2) is 30.3 Å². The Hall–Kier alpha value is -0.356. The van der Waals surface area contributed by atoms with Crippen LogP contribution in [0.25, 0.3) is 0 Å². The highest BCUT2D eigenvalue weighted by atomic mass is 31.2. The normalized spacial score (nSPS) is 28.4. The lowest BCUT2D eigenvalue weighted by Crippen LogP contribution is -2.49. The minimum absolute atomic E-state index is 0.288. The molecule has 10 heteroatoms. The van der Waals surface area contributed by atoms with Crippen molar-refractivity contribution >= 4 is 29.1 Å². The molecule has 0 aromatic heterocycles. The fourth-order valence-electron chi connectivity index (χ4n) is 4.20. The van der Waals surface area contributed by atoms with E-state index in [1.807, 2.05) is 58.0 Å². The molecule has 2 unspecified atom stereocenters. The van der Waals surface area contributed by atoms with E-state index in [-0.39, 0.29) is 6.61 Å². The number of benzene rings is 1. The van der Waals surface area contributed by atoms with Gasteiger partial charge in [0.25, 0.3) is 0 Å². The molecule has 3 rings (SSSR count). The molecular formula is C24H43O7PSi2. The van der Waals surface area contributed by atoms with Crippen LogP contribution >= 0.6 is 7.14 Å². The van der Waals surface area contributed by atoms with E-state index in [0.717, 1.165) is 0 Å². The fraction of sp³-hybridized carbons (Fsp3) is 0.750. The van der Waals surface area contributed by atoms with Gasteiger partial charge in [-0.2, -0.15) is 0 Å². The summed E-state index contributed by atoms with van der Waals surface area (Å²) in [6.07, 6.45) is -1.30. The summed E-state index contributed by atoms with van der Waals surface area (Å²) in [6, 6.07) is 9.50. The highest BCUT2D eigenvalue weighted by Crippen LogP contribution is 2.61. The molecule has 0 N–H and O–H groups in total. The van der Waals surface area contributed by atoms with E-state index in [4.69, 9.17) is 27.8 Å². The van der Waals surface area contributed by atoms with Gasteiger partial charge in [0.2, 0.25) is 0 Å². The zero-order valence-electron chi connectivity index (χ0n) is 22.4. The second-order valence-electron chi connectivity index (χ2n) is 12.2. The predicted molar refractivity (Wildman–Crippen MR) is 140 cm³/mol. The summed E-state index contributed by atoms with van der Waals surface area (Å²) < 4.78 is 53.7. The average Bonchev–Trinajstić information content (AvgIpc) is 3.24. The predicted octanol–water partition coefficient (Wildman–Crippen LogP) is 5.33. The fourth-order valence-corrected chi connectivity index (χ4v) is 11.7. The second-order valence-corrected chi connectivity index (χ2v) is 24.1. The lowest BCUT2D eigenvalue weighted by atomic mass is 10.2. The molecule has 1 aromatic carbocycles. The van der Waals surface area contributed by atoms with E-state index < -0.39 is 59.2 Å². The van der Waals surface area contributed by atoms with Crippen molar-refractivity contribution in [2.75, 3.05) is 13.2 Å². The van der Waals surface area contributed by atoms with Crippen molar-refractivity contribution in [2.24, 2.45) is 0 Å². The topological polar surface area (TPSA) is 72.5 Å². The second kappa shape index (κ2) is 9.84. The molecule has 34 heavy (non-hydrogen) atoms. The van der Waals surface area contributed by atoms with Gasteiger partial charge in [-0.15, -0.1) is 0 Å². The average molecular weight is 531 g/mol. The molecule has 0 saturated carbocycles. The Morgan fingerprint density at radius 2 is 1.47 bits per heavy atom. The Kier molecular flexibility index (Phi) is 8.16. The van der Waals surface area contributed by atoms with Gasteiger partial charge < -0.3 is 32.4 Å². The molecule has 2 aliphatic rings. The Bertz CT molecular complexity index is 830. The Morgan fingerprint density at radius 3 is 1.91 bits per heavy atom. The molecule has 2 fully saturated rings. The van der Waals surface area contributed by atoms with Gasteiger partial charge in [0, 0.05) is 5.30 Å². The maximum atomic E-state index is 15.7. The summed E-state index contributed by atoms with van der Waals surface area (Å²) in [7, 11) is -7.91. The van der Waals surface area contributed by atoms with Crippen molar-refractivity contribution < 1.29 is 32.4 Å². The maximum Gasteiger partial charge on any atom is 0.190 e. The van der Waals surface area contributed by atoms with E-state index >= 15 is 4.57 Å². The monoisotopic (exact) mass is 530 g/mol. The molecule has 194 valence electrons. The van der Waals surface area contributed by atoms with Crippen LogP contribution in [0.1, 0.15) is 27.7 Å². The maximum absolute atomic E-state index is 15.7. The molecule has 0 spiro atoms. The van der Waals surface area contributed by atoms with Crippen LogP contribution in [0.5, 0.6) is 0 Å². The summed E-state index contributed by atoms with van der Waals surface area (Å²) in [5.74, 6) is -2.39. The first-order chi connectivity index (χ1) is 15.4.